The number of hydrogen-bond acceptors (Lipinski definition) is 4. The zero-order valence-electron chi connectivity index (χ0n) is 8.49. The number of carbonyl (C=O) groups excluding carboxylic acids is 2. The summed E-state index contributed by atoms with van der Waals surface area (Å²) in [6, 6.07) is -0.245. The van der Waals surface area contributed by atoms with E-state index in [0.717, 1.165) is 30.5 Å². The zero-order valence-corrected chi connectivity index (χ0v) is 9.31. The Labute approximate surface area is 93.0 Å². The Morgan fingerprint density at radius 1 is 1.40 bits per heavy atom. The van der Waals surface area contributed by atoms with E-state index < -0.39 is 0 Å². The highest BCUT2D eigenvalue weighted by Crippen LogP contribution is 2.12. The average Bonchev–Trinajstić information content (AvgIpc) is 2.45. The molecule has 2 N–H and O–H groups in total. The monoisotopic (exact) mass is 229 g/mol. The van der Waals surface area contributed by atoms with Gasteiger partial charge in [0.15, 0.2) is 0 Å². The highest BCUT2D eigenvalue weighted by Gasteiger charge is 2.27. The van der Waals surface area contributed by atoms with Crippen molar-refractivity contribution in [2.24, 2.45) is 5.92 Å². The molecule has 0 saturated carbocycles. The van der Waals surface area contributed by atoms with Gasteiger partial charge in [0.05, 0.1) is 6.54 Å². The summed E-state index contributed by atoms with van der Waals surface area (Å²) in [7, 11) is 0. The van der Waals surface area contributed by atoms with Gasteiger partial charge in [0.1, 0.15) is 0 Å². The summed E-state index contributed by atoms with van der Waals surface area (Å²) < 4.78 is 0. The molecule has 6 heteroatoms. The van der Waals surface area contributed by atoms with Crippen LogP contribution in [0.25, 0.3) is 0 Å². The summed E-state index contributed by atoms with van der Waals surface area (Å²) in [4.78, 5) is 23.7. The van der Waals surface area contributed by atoms with Crippen molar-refractivity contribution in [1.29, 1.82) is 0 Å². The molecule has 0 atom stereocenters. The summed E-state index contributed by atoms with van der Waals surface area (Å²) in [5.74, 6) is 2.63. The normalized spacial score (nSPS) is 21.7. The fourth-order valence-corrected chi connectivity index (χ4v) is 2.60. The van der Waals surface area contributed by atoms with Crippen LogP contribution in [-0.2, 0) is 4.79 Å². The van der Waals surface area contributed by atoms with Gasteiger partial charge in [-0.1, -0.05) is 0 Å². The summed E-state index contributed by atoms with van der Waals surface area (Å²) >= 11 is 1.81. The molecule has 2 saturated heterocycles. The SMILES string of the molecule is O=C1CNC(=O)N1CCSCC1CNC1. The molecule has 5 nitrogen and oxygen atoms in total. The van der Waals surface area contributed by atoms with Crippen LogP contribution in [0, 0.1) is 5.92 Å². The lowest BCUT2D eigenvalue weighted by atomic mass is 10.1. The van der Waals surface area contributed by atoms with Crippen LogP contribution in [0.1, 0.15) is 0 Å². The third-order valence-corrected chi connectivity index (χ3v) is 3.79. The molecule has 0 unspecified atom stereocenters. The molecule has 3 amide bonds. The molecule has 15 heavy (non-hydrogen) atoms. The van der Waals surface area contributed by atoms with Gasteiger partial charge in [-0.25, -0.2) is 4.79 Å². The second-order valence-corrected chi connectivity index (χ2v) is 4.95. The van der Waals surface area contributed by atoms with Crippen LogP contribution in [0.5, 0.6) is 0 Å². The van der Waals surface area contributed by atoms with Crippen molar-refractivity contribution >= 4 is 23.7 Å². The van der Waals surface area contributed by atoms with Gasteiger partial charge in [0.25, 0.3) is 0 Å². The Bertz CT molecular complexity index is 252. The minimum Gasteiger partial charge on any atom is -0.329 e. The fraction of sp³-hybridized carbons (Fsp3) is 0.778. The van der Waals surface area contributed by atoms with E-state index in [2.05, 4.69) is 10.6 Å². The van der Waals surface area contributed by atoms with E-state index in [1.54, 1.807) is 0 Å². The molecule has 0 bridgehead atoms. The number of rotatable bonds is 5. The molecular formula is C9H15N3O2S. The maximum absolute atomic E-state index is 11.2. The molecule has 2 heterocycles. The molecule has 0 aromatic carbocycles. The number of nitrogens with one attached hydrogen (secondary N) is 2. The first-order valence-electron chi connectivity index (χ1n) is 5.14. The number of imide groups is 1. The van der Waals surface area contributed by atoms with Crippen molar-refractivity contribution in [2.45, 2.75) is 0 Å². The summed E-state index contributed by atoms with van der Waals surface area (Å²) in [5.41, 5.74) is 0. The molecule has 0 spiro atoms. The number of carbonyl (C=O) groups is 2. The molecule has 0 radical (unpaired) electrons. The lowest BCUT2D eigenvalue weighted by Gasteiger charge is -2.26. The van der Waals surface area contributed by atoms with Crippen LogP contribution in [0.4, 0.5) is 4.79 Å². The van der Waals surface area contributed by atoms with Crippen LogP contribution in [0.2, 0.25) is 0 Å². The maximum atomic E-state index is 11.2. The predicted octanol–water partition coefficient (Wildman–Crippen LogP) is -0.509. The average molecular weight is 229 g/mol. The first kappa shape index (κ1) is 10.8. The molecule has 2 aliphatic heterocycles. The van der Waals surface area contributed by atoms with Gasteiger partial charge in [-0.05, 0) is 24.8 Å². The van der Waals surface area contributed by atoms with Gasteiger partial charge in [-0.3, -0.25) is 9.69 Å². The first-order chi connectivity index (χ1) is 7.27. The minimum atomic E-state index is -0.245. The minimum absolute atomic E-state index is 0.106. The van der Waals surface area contributed by atoms with Crippen LogP contribution < -0.4 is 10.6 Å². The molecule has 84 valence electrons. The smallest absolute Gasteiger partial charge is 0.324 e. The van der Waals surface area contributed by atoms with Crippen LogP contribution in [0.15, 0.2) is 0 Å². The number of urea groups is 1. The van der Waals surface area contributed by atoms with E-state index in [0.29, 0.717) is 6.54 Å². The van der Waals surface area contributed by atoms with Gasteiger partial charge in [0, 0.05) is 12.3 Å². The molecular weight excluding hydrogens is 214 g/mol. The van der Waals surface area contributed by atoms with Crippen molar-refractivity contribution in [3.05, 3.63) is 0 Å². The predicted molar refractivity (Wildman–Crippen MR) is 58.8 cm³/mol. The van der Waals surface area contributed by atoms with E-state index >= 15 is 0 Å². The number of nitrogens with zero attached hydrogens (tertiary/aromatic N) is 1. The van der Waals surface area contributed by atoms with Crippen molar-refractivity contribution in [3.8, 4) is 0 Å². The molecule has 0 aromatic heterocycles. The second-order valence-electron chi connectivity index (χ2n) is 3.80. The Hall–Kier alpha value is -0.750. The van der Waals surface area contributed by atoms with Gasteiger partial charge in [-0.15, -0.1) is 0 Å². The van der Waals surface area contributed by atoms with Gasteiger partial charge in [0.2, 0.25) is 5.91 Å². The van der Waals surface area contributed by atoms with E-state index in [1.165, 1.54) is 4.90 Å². The molecule has 0 aliphatic carbocycles. The van der Waals surface area contributed by atoms with Crippen LogP contribution >= 0.6 is 11.8 Å². The lowest BCUT2D eigenvalue weighted by Crippen LogP contribution is -2.43. The van der Waals surface area contributed by atoms with E-state index in [9.17, 15) is 9.59 Å². The Morgan fingerprint density at radius 3 is 2.73 bits per heavy atom. The van der Waals surface area contributed by atoms with Crippen molar-refractivity contribution in [2.75, 3.05) is 37.7 Å². The Morgan fingerprint density at radius 2 is 2.20 bits per heavy atom. The van der Waals surface area contributed by atoms with Gasteiger partial charge >= 0.3 is 6.03 Å². The standard InChI is InChI=1S/C9H15N3O2S/c13-8-5-11-9(14)12(8)1-2-15-6-7-3-10-4-7/h7,10H,1-6H2,(H,11,14). The molecule has 2 rings (SSSR count). The summed E-state index contributed by atoms with van der Waals surface area (Å²) in [6.45, 7) is 2.91. The lowest BCUT2D eigenvalue weighted by molar-refractivity contribution is -0.124. The number of hydrogen-bond donors (Lipinski definition) is 2. The molecule has 2 fully saturated rings. The Kier molecular flexibility index (Phi) is 3.48. The second kappa shape index (κ2) is 4.85. The topological polar surface area (TPSA) is 61.4 Å². The quantitative estimate of drug-likeness (QED) is 0.492. The van der Waals surface area contributed by atoms with Gasteiger partial charge < -0.3 is 10.6 Å². The summed E-state index contributed by atoms with van der Waals surface area (Å²) in [6.07, 6.45) is 0. The molecule has 0 aromatic rings. The largest absolute Gasteiger partial charge is 0.329 e. The first-order valence-corrected chi connectivity index (χ1v) is 6.29. The van der Waals surface area contributed by atoms with E-state index in [4.69, 9.17) is 0 Å². The third-order valence-electron chi connectivity index (χ3n) is 2.62. The highest BCUT2D eigenvalue weighted by atomic mass is 32.2. The van der Waals surface area contributed by atoms with Crippen molar-refractivity contribution in [3.63, 3.8) is 0 Å². The van der Waals surface area contributed by atoms with E-state index in [-0.39, 0.29) is 18.5 Å². The van der Waals surface area contributed by atoms with Gasteiger partial charge in [-0.2, -0.15) is 11.8 Å². The molecule has 2 aliphatic rings. The van der Waals surface area contributed by atoms with Crippen molar-refractivity contribution < 1.29 is 9.59 Å². The number of thioether (sulfide) groups is 1. The summed E-state index contributed by atoms with van der Waals surface area (Å²) in [5, 5.41) is 5.72. The van der Waals surface area contributed by atoms with E-state index in [1.807, 2.05) is 11.8 Å². The van der Waals surface area contributed by atoms with Crippen LogP contribution in [-0.4, -0.2) is 54.5 Å². The number of amides is 3. The third kappa shape index (κ3) is 2.63. The Balaban J connectivity index is 1.60. The fourth-order valence-electron chi connectivity index (χ4n) is 1.55. The van der Waals surface area contributed by atoms with Crippen molar-refractivity contribution in [1.82, 2.24) is 15.5 Å². The van der Waals surface area contributed by atoms with Crippen LogP contribution in [0.3, 0.4) is 0 Å². The highest BCUT2D eigenvalue weighted by molar-refractivity contribution is 7.99. The zero-order chi connectivity index (χ0) is 10.7. The maximum Gasteiger partial charge on any atom is 0.324 e.